The molecule has 0 unspecified atom stereocenters. The van der Waals surface area contributed by atoms with Crippen LogP contribution in [0.2, 0.25) is 0 Å². The molecule has 0 radical (unpaired) electrons. The van der Waals surface area contributed by atoms with E-state index in [9.17, 15) is 4.79 Å². The van der Waals surface area contributed by atoms with Gasteiger partial charge in [-0.05, 0) is 49.1 Å². The van der Waals surface area contributed by atoms with Gasteiger partial charge in [0.2, 0.25) is 0 Å². The fraction of sp³-hybridized carbons (Fsp3) is 0.261. The molecule has 1 amide bonds. The summed E-state index contributed by atoms with van der Waals surface area (Å²) in [4.78, 5) is 24.0. The third-order valence-electron chi connectivity index (χ3n) is 5.11. The van der Waals surface area contributed by atoms with E-state index in [-0.39, 0.29) is 5.91 Å². The number of aromatic nitrogens is 2. The van der Waals surface area contributed by atoms with Crippen molar-refractivity contribution in [2.75, 3.05) is 23.9 Å². The first-order valence-electron chi connectivity index (χ1n) is 9.67. The van der Waals surface area contributed by atoms with Crippen LogP contribution >= 0.6 is 0 Å². The van der Waals surface area contributed by atoms with E-state index in [1.54, 1.807) is 13.2 Å². The molecule has 29 heavy (non-hydrogen) atoms. The lowest BCUT2D eigenvalue weighted by atomic mass is 10.00. The number of aryl methyl sites for hydroxylation is 2. The maximum absolute atomic E-state index is 12.9. The molecule has 1 aromatic heterocycles. The Hall–Kier alpha value is -3.41. The molecule has 0 atom stereocenters. The monoisotopic (exact) mass is 388 g/mol. The fourth-order valence-electron chi connectivity index (χ4n) is 3.63. The minimum atomic E-state index is -0.280. The molecule has 1 aliphatic rings. The first kappa shape index (κ1) is 18.9. The van der Waals surface area contributed by atoms with E-state index in [4.69, 9.17) is 4.74 Å². The van der Waals surface area contributed by atoms with Gasteiger partial charge in [0.25, 0.3) is 5.91 Å². The van der Waals surface area contributed by atoms with E-state index in [2.05, 4.69) is 44.5 Å². The standard InChI is InChI=1S/C23H24N4O2/c1-15-8-9-21(29-3)19(12-15)26-23(28)20-13-22(25-16(2)24-20)27-11-10-17-6-4-5-7-18(17)14-27/h4-9,12-13H,10-11,14H2,1-3H3,(H,26,28). The molecule has 0 spiro atoms. The van der Waals surface area contributed by atoms with Crippen molar-refractivity contribution < 1.29 is 9.53 Å². The van der Waals surface area contributed by atoms with Crippen LogP contribution in [0.5, 0.6) is 5.75 Å². The summed E-state index contributed by atoms with van der Waals surface area (Å²) in [6.07, 6.45) is 0.960. The van der Waals surface area contributed by atoms with Gasteiger partial charge in [0.1, 0.15) is 23.1 Å². The summed E-state index contributed by atoms with van der Waals surface area (Å²) in [6.45, 7) is 5.42. The summed E-state index contributed by atoms with van der Waals surface area (Å²) in [5.74, 6) is 1.68. The van der Waals surface area contributed by atoms with E-state index in [1.165, 1.54) is 11.1 Å². The number of ether oxygens (including phenoxy) is 1. The Kier molecular flexibility index (Phi) is 5.16. The zero-order valence-corrected chi connectivity index (χ0v) is 16.9. The maximum Gasteiger partial charge on any atom is 0.274 e. The Labute approximate surface area is 170 Å². The van der Waals surface area contributed by atoms with Crippen LogP contribution in [0.1, 0.15) is 33.0 Å². The summed E-state index contributed by atoms with van der Waals surface area (Å²) >= 11 is 0. The zero-order chi connectivity index (χ0) is 20.4. The molecule has 148 valence electrons. The van der Waals surface area contributed by atoms with Gasteiger partial charge in [-0.3, -0.25) is 4.79 Å². The molecule has 0 saturated heterocycles. The Balaban J connectivity index is 1.59. The van der Waals surface area contributed by atoms with Gasteiger partial charge in [-0.15, -0.1) is 0 Å². The number of benzene rings is 2. The highest BCUT2D eigenvalue weighted by Crippen LogP contribution is 2.27. The number of carbonyl (C=O) groups is 1. The molecule has 1 aliphatic heterocycles. The van der Waals surface area contributed by atoms with Crippen molar-refractivity contribution in [3.05, 3.63) is 76.7 Å². The van der Waals surface area contributed by atoms with Crippen LogP contribution in [0, 0.1) is 13.8 Å². The number of fused-ring (bicyclic) bond motifs is 1. The number of carbonyl (C=O) groups excluding carboxylic acids is 1. The normalized spacial score (nSPS) is 13.0. The lowest BCUT2D eigenvalue weighted by Crippen LogP contribution is -2.31. The SMILES string of the molecule is COc1ccc(C)cc1NC(=O)c1cc(N2CCc3ccccc3C2)nc(C)n1. The smallest absolute Gasteiger partial charge is 0.274 e. The van der Waals surface area contributed by atoms with Crippen molar-refractivity contribution in [2.24, 2.45) is 0 Å². The number of hydrogen-bond acceptors (Lipinski definition) is 5. The van der Waals surface area contributed by atoms with Crippen molar-refractivity contribution in [3.8, 4) is 5.75 Å². The van der Waals surface area contributed by atoms with Gasteiger partial charge in [-0.25, -0.2) is 9.97 Å². The van der Waals surface area contributed by atoms with Crippen LogP contribution in [0.15, 0.2) is 48.5 Å². The number of methoxy groups -OCH3 is 1. The van der Waals surface area contributed by atoms with Gasteiger partial charge >= 0.3 is 0 Å². The highest BCUT2D eigenvalue weighted by molar-refractivity contribution is 6.04. The van der Waals surface area contributed by atoms with Crippen LogP contribution in [0.3, 0.4) is 0 Å². The Morgan fingerprint density at radius 1 is 1.07 bits per heavy atom. The Bertz CT molecular complexity index is 1060. The van der Waals surface area contributed by atoms with Crippen LogP contribution in [0.25, 0.3) is 0 Å². The molecule has 0 bridgehead atoms. The topological polar surface area (TPSA) is 67.3 Å². The molecule has 6 heteroatoms. The number of rotatable bonds is 4. The molecule has 1 N–H and O–H groups in total. The van der Waals surface area contributed by atoms with E-state index in [0.29, 0.717) is 23.0 Å². The fourth-order valence-corrected chi connectivity index (χ4v) is 3.63. The van der Waals surface area contributed by atoms with E-state index in [0.717, 1.165) is 30.9 Å². The number of amides is 1. The minimum Gasteiger partial charge on any atom is -0.495 e. The average Bonchev–Trinajstić information content (AvgIpc) is 2.73. The van der Waals surface area contributed by atoms with E-state index < -0.39 is 0 Å². The van der Waals surface area contributed by atoms with Gasteiger partial charge in [0, 0.05) is 19.2 Å². The van der Waals surface area contributed by atoms with Crippen molar-refractivity contribution in [1.82, 2.24) is 9.97 Å². The first-order chi connectivity index (χ1) is 14.0. The largest absolute Gasteiger partial charge is 0.495 e. The maximum atomic E-state index is 12.9. The average molecular weight is 388 g/mol. The highest BCUT2D eigenvalue weighted by Gasteiger charge is 2.20. The second-order valence-electron chi connectivity index (χ2n) is 7.26. The molecule has 2 heterocycles. The molecule has 0 saturated carbocycles. The van der Waals surface area contributed by atoms with Crippen molar-refractivity contribution >= 4 is 17.4 Å². The van der Waals surface area contributed by atoms with Crippen molar-refractivity contribution in [1.29, 1.82) is 0 Å². The summed E-state index contributed by atoms with van der Waals surface area (Å²) in [6, 6.07) is 15.9. The lowest BCUT2D eigenvalue weighted by Gasteiger charge is -2.30. The molecular formula is C23H24N4O2. The van der Waals surface area contributed by atoms with Gasteiger partial charge in [0.15, 0.2) is 0 Å². The van der Waals surface area contributed by atoms with Crippen LogP contribution in [-0.2, 0) is 13.0 Å². The molecule has 0 fully saturated rings. The number of nitrogens with zero attached hydrogens (tertiary/aromatic N) is 3. The molecule has 4 rings (SSSR count). The molecule has 2 aromatic carbocycles. The number of anilines is 2. The quantitative estimate of drug-likeness (QED) is 0.734. The summed E-state index contributed by atoms with van der Waals surface area (Å²) < 4.78 is 5.36. The second kappa shape index (κ2) is 7.91. The predicted octanol–water partition coefficient (Wildman–Crippen LogP) is 3.92. The van der Waals surface area contributed by atoms with Crippen LogP contribution in [0.4, 0.5) is 11.5 Å². The van der Waals surface area contributed by atoms with Crippen LogP contribution < -0.4 is 15.0 Å². The number of nitrogens with one attached hydrogen (secondary N) is 1. The Morgan fingerprint density at radius 2 is 1.86 bits per heavy atom. The van der Waals surface area contributed by atoms with E-state index >= 15 is 0 Å². The minimum absolute atomic E-state index is 0.280. The highest BCUT2D eigenvalue weighted by atomic mass is 16.5. The molecule has 3 aromatic rings. The first-order valence-corrected chi connectivity index (χ1v) is 9.67. The van der Waals surface area contributed by atoms with Gasteiger partial charge in [-0.2, -0.15) is 0 Å². The van der Waals surface area contributed by atoms with Crippen molar-refractivity contribution in [3.63, 3.8) is 0 Å². The second-order valence-corrected chi connectivity index (χ2v) is 7.26. The summed E-state index contributed by atoms with van der Waals surface area (Å²) in [7, 11) is 1.58. The Morgan fingerprint density at radius 3 is 2.66 bits per heavy atom. The molecule has 6 nitrogen and oxygen atoms in total. The lowest BCUT2D eigenvalue weighted by molar-refractivity contribution is 0.102. The van der Waals surface area contributed by atoms with Gasteiger partial charge in [0.05, 0.1) is 12.8 Å². The van der Waals surface area contributed by atoms with Gasteiger partial charge < -0.3 is 15.0 Å². The summed E-state index contributed by atoms with van der Waals surface area (Å²) in [5.41, 5.74) is 4.68. The third kappa shape index (κ3) is 4.06. The zero-order valence-electron chi connectivity index (χ0n) is 16.9. The molecular weight excluding hydrogens is 364 g/mol. The third-order valence-corrected chi connectivity index (χ3v) is 5.11. The predicted molar refractivity (Wildman–Crippen MR) is 114 cm³/mol. The van der Waals surface area contributed by atoms with Crippen molar-refractivity contribution in [2.45, 2.75) is 26.8 Å². The van der Waals surface area contributed by atoms with Crippen LogP contribution in [-0.4, -0.2) is 29.5 Å². The summed E-state index contributed by atoms with van der Waals surface area (Å²) in [5, 5.41) is 2.92. The number of hydrogen-bond donors (Lipinski definition) is 1. The van der Waals surface area contributed by atoms with E-state index in [1.807, 2.05) is 32.0 Å². The van der Waals surface area contributed by atoms with Gasteiger partial charge in [-0.1, -0.05) is 30.3 Å². The molecule has 0 aliphatic carbocycles.